The Hall–Kier alpha value is -2.73. The van der Waals surface area contributed by atoms with Crippen molar-refractivity contribution in [3.8, 4) is 11.5 Å². The average molecular weight is 385 g/mol. The molecule has 2 N–H and O–H groups in total. The van der Waals surface area contributed by atoms with E-state index in [0.717, 1.165) is 30.5 Å². The lowest BCUT2D eigenvalue weighted by Crippen LogP contribution is -2.30. The monoisotopic (exact) mass is 384 g/mol. The third kappa shape index (κ3) is 6.46. The van der Waals surface area contributed by atoms with Gasteiger partial charge in [0, 0.05) is 24.8 Å². The van der Waals surface area contributed by atoms with Gasteiger partial charge < -0.3 is 25.0 Å². The SMILES string of the molecule is CCNC(=NCc1ccccc1CN(C)C)Nc1ccc(OCC)c(OC)c1. The molecule has 0 aliphatic carbocycles. The second kappa shape index (κ2) is 11.2. The molecule has 0 aliphatic rings. The largest absolute Gasteiger partial charge is 0.493 e. The van der Waals surface area contributed by atoms with Crippen LogP contribution in [0.5, 0.6) is 11.5 Å². The molecule has 2 rings (SSSR count). The Morgan fingerprint density at radius 3 is 2.43 bits per heavy atom. The zero-order valence-corrected chi connectivity index (χ0v) is 17.6. The minimum absolute atomic E-state index is 0.597. The van der Waals surface area contributed by atoms with Gasteiger partial charge in [-0.15, -0.1) is 0 Å². The zero-order valence-electron chi connectivity index (χ0n) is 17.6. The number of hydrogen-bond donors (Lipinski definition) is 2. The summed E-state index contributed by atoms with van der Waals surface area (Å²) in [6.45, 7) is 6.88. The first-order valence-corrected chi connectivity index (χ1v) is 9.65. The molecule has 0 unspecified atom stereocenters. The second-order valence-corrected chi connectivity index (χ2v) is 6.63. The first kappa shape index (κ1) is 21.6. The fourth-order valence-corrected chi connectivity index (χ4v) is 2.83. The van der Waals surface area contributed by atoms with E-state index >= 15 is 0 Å². The number of anilines is 1. The maximum absolute atomic E-state index is 5.58. The third-order valence-corrected chi connectivity index (χ3v) is 4.08. The van der Waals surface area contributed by atoms with Crippen molar-refractivity contribution in [1.82, 2.24) is 10.2 Å². The Balaban J connectivity index is 2.17. The third-order valence-electron chi connectivity index (χ3n) is 4.08. The number of nitrogens with zero attached hydrogens (tertiary/aromatic N) is 2. The molecular formula is C22H32N4O2. The molecule has 0 atom stereocenters. The van der Waals surface area contributed by atoms with Gasteiger partial charge in [-0.3, -0.25) is 0 Å². The van der Waals surface area contributed by atoms with Crippen molar-refractivity contribution in [2.75, 3.05) is 39.7 Å². The van der Waals surface area contributed by atoms with Crippen LogP contribution in [0.3, 0.4) is 0 Å². The molecular weight excluding hydrogens is 352 g/mol. The molecule has 152 valence electrons. The molecule has 0 saturated carbocycles. The van der Waals surface area contributed by atoms with Crippen LogP contribution in [-0.2, 0) is 13.1 Å². The molecule has 0 amide bonds. The van der Waals surface area contributed by atoms with Gasteiger partial charge in [-0.25, -0.2) is 4.99 Å². The van der Waals surface area contributed by atoms with Crippen molar-refractivity contribution in [3.05, 3.63) is 53.6 Å². The quantitative estimate of drug-likeness (QED) is 0.510. The Morgan fingerprint density at radius 1 is 1.04 bits per heavy atom. The molecule has 0 saturated heterocycles. The fraction of sp³-hybridized carbons (Fsp3) is 0.409. The van der Waals surface area contributed by atoms with Crippen LogP contribution >= 0.6 is 0 Å². The lowest BCUT2D eigenvalue weighted by molar-refractivity contribution is 0.311. The molecule has 28 heavy (non-hydrogen) atoms. The van der Waals surface area contributed by atoms with Gasteiger partial charge in [-0.05, 0) is 51.2 Å². The van der Waals surface area contributed by atoms with Crippen LogP contribution in [0.15, 0.2) is 47.5 Å². The average Bonchev–Trinajstić information content (AvgIpc) is 2.68. The summed E-state index contributed by atoms with van der Waals surface area (Å²) in [7, 11) is 5.79. The molecule has 0 aromatic heterocycles. The minimum atomic E-state index is 0.597. The first-order valence-electron chi connectivity index (χ1n) is 9.65. The summed E-state index contributed by atoms with van der Waals surface area (Å²) in [6.07, 6.45) is 0. The summed E-state index contributed by atoms with van der Waals surface area (Å²) in [6, 6.07) is 14.2. The molecule has 6 heteroatoms. The van der Waals surface area contributed by atoms with Crippen LogP contribution < -0.4 is 20.1 Å². The predicted octanol–water partition coefficient (Wildman–Crippen LogP) is 3.73. The van der Waals surface area contributed by atoms with Crippen molar-refractivity contribution in [2.24, 2.45) is 4.99 Å². The number of nitrogens with one attached hydrogen (secondary N) is 2. The molecule has 6 nitrogen and oxygen atoms in total. The fourth-order valence-electron chi connectivity index (χ4n) is 2.83. The Morgan fingerprint density at radius 2 is 1.79 bits per heavy atom. The Kier molecular flexibility index (Phi) is 8.62. The summed E-state index contributed by atoms with van der Waals surface area (Å²) in [5, 5.41) is 6.64. The highest BCUT2D eigenvalue weighted by atomic mass is 16.5. The summed E-state index contributed by atoms with van der Waals surface area (Å²) >= 11 is 0. The van der Waals surface area contributed by atoms with E-state index < -0.39 is 0 Å². The molecule has 2 aromatic carbocycles. The molecule has 0 spiro atoms. The van der Waals surface area contributed by atoms with Gasteiger partial charge >= 0.3 is 0 Å². The Labute approximate surface area is 168 Å². The van der Waals surface area contributed by atoms with Gasteiger partial charge in [0.1, 0.15) is 0 Å². The van der Waals surface area contributed by atoms with Crippen LogP contribution in [0.4, 0.5) is 5.69 Å². The van der Waals surface area contributed by atoms with E-state index in [4.69, 9.17) is 14.5 Å². The lowest BCUT2D eigenvalue weighted by Gasteiger charge is -2.15. The van der Waals surface area contributed by atoms with E-state index in [-0.39, 0.29) is 0 Å². The second-order valence-electron chi connectivity index (χ2n) is 6.63. The van der Waals surface area contributed by atoms with Gasteiger partial charge in [0.05, 0.1) is 20.3 Å². The molecule has 2 aromatic rings. The first-order chi connectivity index (χ1) is 13.6. The molecule has 0 heterocycles. The van der Waals surface area contributed by atoms with E-state index in [1.807, 2.05) is 25.1 Å². The topological polar surface area (TPSA) is 58.1 Å². The van der Waals surface area contributed by atoms with Gasteiger partial charge in [0.2, 0.25) is 0 Å². The van der Waals surface area contributed by atoms with Crippen LogP contribution in [0.25, 0.3) is 0 Å². The Bertz CT molecular complexity index is 775. The highest BCUT2D eigenvalue weighted by molar-refractivity contribution is 5.93. The van der Waals surface area contributed by atoms with E-state index in [2.05, 4.69) is 60.8 Å². The van der Waals surface area contributed by atoms with Gasteiger partial charge in [-0.2, -0.15) is 0 Å². The number of ether oxygens (including phenoxy) is 2. The summed E-state index contributed by atoms with van der Waals surface area (Å²) in [5.41, 5.74) is 3.40. The highest BCUT2D eigenvalue weighted by Gasteiger charge is 2.08. The molecule has 0 radical (unpaired) electrons. The van der Waals surface area contributed by atoms with Crippen molar-refractivity contribution >= 4 is 11.6 Å². The highest BCUT2D eigenvalue weighted by Crippen LogP contribution is 2.30. The summed E-state index contributed by atoms with van der Waals surface area (Å²) in [5.74, 6) is 2.16. The van der Waals surface area contributed by atoms with Gasteiger partial charge in [-0.1, -0.05) is 24.3 Å². The number of hydrogen-bond acceptors (Lipinski definition) is 4. The molecule has 0 fully saturated rings. The predicted molar refractivity (Wildman–Crippen MR) is 116 cm³/mol. The number of methoxy groups -OCH3 is 1. The lowest BCUT2D eigenvalue weighted by atomic mass is 10.1. The maximum Gasteiger partial charge on any atom is 0.196 e. The number of aliphatic imine (C=N–C) groups is 1. The van der Waals surface area contributed by atoms with Gasteiger partial charge in [0.25, 0.3) is 0 Å². The number of guanidine groups is 1. The van der Waals surface area contributed by atoms with Crippen LogP contribution in [0.1, 0.15) is 25.0 Å². The maximum atomic E-state index is 5.58. The van der Waals surface area contributed by atoms with Crippen LogP contribution in [-0.4, -0.2) is 45.2 Å². The smallest absolute Gasteiger partial charge is 0.196 e. The van der Waals surface area contributed by atoms with E-state index in [1.165, 1.54) is 11.1 Å². The van der Waals surface area contributed by atoms with E-state index in [0.29, 0.717) is 18.9 Å². The summed E-state index contributed by atoms with van der Waals surface area (Å²) < 4.78 is 11.0. The van der Waals surface area contributed by atoms with E-state index in [9.17, 15) is 0 Å². The standard InChI is InChI=1S/C22H32N4O2/c1-6-23-22(24-15-17-10-8-9-11-18(17)16-26(3)4)25-19-12-13-20(28-7-2)21(14-19)27-5/h8-14H,6-7,15-16H2,1-5H3,(H2,23,24,25). The van der Waals surface area contributed by atoms with Crippen LogP contribution in [0.2, 0.25) is 0 Å². The zero-order chi connectivity index (χ0) is 20.4. The van der Waals surface area contributed by atoms with Crippen molar-refractivity contribution in [2.45, 2.75) is 26.9 Å². The summed E-state index contributed by atoms with van der Waals surface area (Å²) in [4.78, 5) is 6.93. The number of rotatable bonds is 9. The van der Waals surface area contributed by atoms with E-state index in [1.54, 1.807) is 7.11 Å². The van der Waals surface area contributed by atoms with Gasteiger partial charge in [0.15, 0.2) is 17.5 Å². The van der Waals surface area contributed by atoms with Crippen molar-refractivity contribution in [1.29, 1.82) is 0 Å². The molecule has 0 bridgehead atoms. The minimum Gasteiger partial charge on any atom is -0.493 e. The van der Waals surface area contributed by atoms with Crippen molar-refractivity contribution in [3.63, 3.8) is 0 Å². The number of benzene rings is 2. The molecule has 0 aliphatic heterocycles. The van der Waals surface area contributed by atoms with Crippen molar-refractivity contribution < 1.29 is 9.47 Å². The normalized spacial score (nSPS) is 11.4. The van der Waals surface area contributed by atoms with Crippen LogP contribution in [0, 0.1) is 0 Å².